The number of aryl methyl sites for hydroxylation is 1. The van der Waals surface area contributed by atoms with Crippen molar-refractivity contribution in [1.29, 1.82) is 0 Å². The number of anilines is 1. The molecule has 1 aliphatic heterocycles. The minimum atomic E-state index is -0.401. The number of aliphatic hydroxyl groups is 1. The summed E-state index contributed by atoms with van der Waals surface area (Å²) in [6, 6.07) is 5.96. The van der Waals surface area contributed by atoms with Gasteiger partial charge in [-0.05, 0) is 23.5 Å². The number of β-amino-alcohol motifs (C(OH)–C–C–N with tert-alkyl or cyclic N) is 1. The van der Waals surface area contributed by atoms with Crippen LogP contribution in [0.25, 0.3) is 0 Å². The topological polar surface area (TPSA) is 69.6 Å². The minimum absolute atomic E-state index is 0.0131. The molecular formula is C17H22N2O3. The maximum atomic E-state index is 12.2. The molecule has 2 rings (SSSR count). The minimum Gasteiger partial charge on any atom is -0.395 e. The summed E-state index contributed by atoms with van der Waals surface area (Å²) < 4.78 is 0. The molecule has 0 saturated carbocycles. The lowest BCUT2D eigenvalue weighted by atomic mass is 9.84. The van der Waals surface area contributed by atoms with Gasteiger partial charge in [-0.15, -0.1) is 0 Å². The van der Waals surface area contributed by atoms with Crippen molar-refractivity contribution in [3.63, 3.8) is 0 Å². The van der Waals surface area contributed by atoms with Crippen LogP contribution in [0.5, 0.6) is 0 Å². The summed E-state index contributed by atoms with van der Waals surface area (Å²) in [7, 11) is 0. The monoisotopic (exact) mass is 302 g/mol. The second-order valence-electron chi connectivity index (χ2n) is 6.45. The summed E-state index contributed by atoms with van der Waals surface area (Å²) in [5.41, 5.74) is 3.10. The number of carbonyl (C=O) groups is 2. The van der Waals surface area contributed by atoms with Crippen molar-refractivity contribution in [1.82, 2.24) is 4.90 Å². The third-order valence-electron chi connectivity index (χ3n) is 3.67. The van der Waals surface area contributed by atoms with Crippen molar-refractivity contribution >= 4 is 17.5 Å². The molecule has 5 heteroatoms. The predicted molar refractivity (Wildman–Crippen MR) is 85.4 cm³/mol. The molecule has 1 heterocycles. The van der Waals surface area contributed by atoms with Crippen LogP contribution in [-0.4, -0.2) is 35.0 Å². The van der Waals surface area contributed by atoms with Gasteiger partial charge in [-0.2, -0.15) is 0 Å². The van der Waals surface area contributed by atoms with E-state index in [2.05, 4.69) is 26.1 Å². The zero-order valence-electron chi connectivity index (χ0n) is 13.4. The summed E-state index contributed by atoms with van der Waals surface area (Å²) in [4.78, 5) is 25.1. The van der Waals surface area contributed by atoms with E-state index in [-0.39, 0.29) is 24.3 Å². The Morgan fingerprint density at radius 3 is 2.50 bits per heavy atom. The van der Waals surface area contributed by atoms with E-state index in [0.717, 1.165) is 21.7 Å². The number of hydrogen-bond donors (Lipinski definition) is 2. The largest absolute Gasteiger partial charge is 0.395 e. The Balaban J connectivity index is 2.35. The van der Waals surface area contributed by atoms with Crippen LogP contribution in [0.1, 0.15) is 31.9 Å². The first-order chi connectivity index (χ1) is 10.3. The molecule has 0 fully saturated rings. The Morgan fingerprint density at radius 2 is 1.91 bits per heavy atom. The average molecular weight is 302 g/mol. The Morgan fingerprint density at radius 1 is 1.23 bits per heavy atom. The Labute approximate surface area is 130 Å². The SMILES string of the molecule is Cc1cccc(C(C)(C)C)c1NC1=CC(=O)N(CCO)C1=O. The quantitative estimate of drug-likeness (QED) is 0.834. The number of nitrogens with zero attached hydrogens (tertiary/aromatic N) is 1. The average Bonchev–Trinajstić information content (AvgIpc) is 2.68. The van der Waals surface area contributed by atoms with Gasteiger partial charge in [0.15, 0.2) is 0 Å². The lowest BCUT2D eigenvalue weighted by Gasteiger charge is -2.25. The van der Waals surface area contributed by atoms with Crippen molar-refractivity contribution in [2.75, 3.05) is 18.5 Å². The van der Waals surface area contributed by atoms with Gasteiger partial charge < -0.3 is 10.4 Å². The van der Waals surface area contributed by atoms with Crippen LogP contribution >= 0.6 is 0 Å². The van der Waals surface area contributed by atoms with E-state index >= 15 is 0 Å². The summed E-state index contributed by atoms with van der Waals surface area (Å²) >= 11 is 0. The normalized spacial score (nSPS) is 15.3. The van der Waals surface area contributed by atoms with Crippen LogP contribution in [0.2, 0.25) is 0 Å². The molecule has 2 N–H and O–H groups in total. The highest BCUT2D eigenvalue weighted by atomic mass is 16.3. The molecule has 0 aromatic heterocycles. The summed E-state index contributed by atoms with van der Waals surface area (Å²) in [5, 5.41) is 12.1. The van der Waals surface area contributed by atoms with Crippen LogP contribution < -0.4 is 5.32 Å². The number of amides is 2. The van der Waals surface area contributed by atoms with Crippen LogP contribution in [0.15, 0.2) is 30.0 Å². The lowest BCUT2D eigenvalue weighted by Crippen LogP contribution is -2.34. The van der Waals surface area contributed by atoms with E-state index < -0.39 is 11.8 Å². The number of aliphatic hydroxyl groups excluding tert-OH is 1. The fourth-order valence-electron chi connectivity index (χ4n) is 2.50. The first kappa shape index (κ1) is 16.2. The van der Waals surface area contributed by atoms with Crippen molar-refractivity contribution in [2.24, 2.45) is 0 Å². The first-order valence-electron chi connectivity index (χ1n) is 7.31. The van der Waals surface area contributed by atoms with Gasteiger partial charge in [-0.1, -0.05) is 39.0 Å². The third-order valence-corrected chi connectivity index (χ3v) is 3.67. The van der Waals surface area contributed by atoms with Gasteiger partial charge >= 0.3 is 0 Å². The molecule has 0 aliphatic carbocycles. The second-order valence-corrected chi connectivity index (χ2v) is 6.45. The van der Waals surface area contributed by atoms with Crippen molar-refractivity contribution in [3.8, 4) is 0 Å². The highest BCUT2D eigenvalue weighted by Gasteiger charge is 2.31. The molecule has 1 aromatic rings. The molecule has 118 valence electrons. The number of nitrogens with one attached hydrogen (secondary N) is 1. The Hall–Kier alpha value is -2.14. The van der Waals surface area contributed by atoms with Gasteiger partial charge in [-0.25, -0.2) is 0 Å². The third kappa shape index (κ3) is 3.04. The number of rotatable bonds is 4. The predicted octanol–water partition coefficient (Wildman–Crippen LogP) is 1.95. The van der Waals surface area contributed by atoms with Crippen LogP contribution in [-0.2, 0) is 15.0 Å². The molecule has 5 nitrogen and oxygen atoms in total. The van der Waals surface area contributed by atoms with E-state index in [4.69, 9.17) is 5.11 Å². The van der Waals surface area contributed by atoms with E-state index in [1.807, 2.05) is 25.1 Å². The number of imide groups is 1. The zero-order valence-corrected chi connectivity index (χ0v) is 13.4. The van der Waals surface area contributed by atoms with E-state index in [9.17, 15) is 9.59 Å². The number of para-hydroxylation sites is 1. The van der Waals surface area contributed by atoms with Crippen LogP contribution in [0.3, 0.4) is 0 Å². The van der Waals surface area contributed by atoms with Crippen LogP contribution in [0, 0.1) is 6.92 Å². The molecule has 0 radical (unpaired) electrons. The van der Waals surface area contributed by atoms with Crippen molar-refractivity contribution in [2.45, 2.75) is 33.1 Å². The molecule has 1 aliphatic rings. The van der Waals surface area contributed by atoms with Crippen molar-refractivity contribution < 1.29 is 14.7 Å². The van der Waals surface area contributed by atoms with Crippen LogP contribution in [0.4, 0.5) is 5.69 Å². The van der Waals surface area contributed by atoms with E-state index in [1.165, 1.54) is 6.08 Å². The van der Waals surface area contributed by atoms with E-state index in [1.54, 1.807) is 0 Å². The zero-order chi connectivity index (χ0) is 16.5. The number of benzene rings is 1. The van der Waals surface area contributed by atoms with Gasteiger partial charge in [0.2, 0.25) is 0 Å². The maximum absolute atomic E-state index is 12.2. The maximum Gasteiger partial charge on any atom is 0.277 e. The first-order valence-corrected chi connectivity index (χ1v) is 7.31. The molecule has 1 aromatic carbocycles. The number of carbonyl (C=O) groups excluding carboxylic acids is 2. The Bertz CT molecular complexity index is 642. The van der Waals surface area contributed by atoms with E-state index in [0.29, 0.717) is 0 Å². The van der Waals surface area contributed by atoms with Gasteiger partial charge in [0.25, 0.3) is 11.8 Å². The molecular weight excluding hydrogens is 280 g/mol. The fourth-order valence-corrected chi connectivity index (χ4v) is 2.50. The molecule has 2 amide bonds. The molecule has 0 unspecified atom stereocenters. The summed E-state index contributed by atoms with van der Waals surface area (Å²) in [6.07, 6.45) is 1.29. The number of hydrogen-bond acceptors (Lipinski definition) is 4. The van der Waals surface area contributed by atoms with Gasteiger partial charge in [0.05, 0.1) is 13.2 Å². The van der Waals surface area contributed by atoms with Gasteiger partial charge in [0.1, 0.15) is 5.70 Å². The Kier molecular flexibility index (Phi) is 4.37. The molecule has 0 spiro atoms. The van der Waals surface area contributed by atoms with Gasteiger partial charge in [0, 0.05) is 11.8 Å². The molecule has 22 heavy (non-hydrogen) atoms. The molecule has 0 atom stereocenters. The molecule has 0 bridgehead atoms. The second kappa shape index (κ2) is 5.93. The molecule has 0 saturated heterocycles. The summed E-state index contributed by atoms with van der Waals surface area (Å²) in [5.74, 6) is -0.797. The highest BCUT2D eigenvalue weighted by Crippen LogP contribution is 2.33. The smallest absolute Gasteiger partial charge is 0.277 e. The van der Waals surface area contributed by atoms with Crippen molar-refractivity contribution in [3.05, 3.63) is 41.1 Å². The lowest BCUT2D eigenvalue weighted by molar-refractivity contribution is -0.137. The summed E-state index contributed by atoms with van der Waals surface area (Å²) in [6.45, 7) is 8.03. The highest BCUT2D eigenvalue weighted by molar-refractivity contribution is 6.17. The standard InChI is InChI=1S/C17H22N2O3/c1-11-6-5-7-12(17(2,3)4)15(11)18-13-10-14(21)19(8-9-20)16(13)22/h5-7,10,18,20H,8-9H2,1-4H3. The fraction of sp³-hybridized carbons (Fsp3) is 0.412. The van der Waals surface area contributed by atoms with Gasteiger partial charge in [-0.3, -0.25) is 14.5 Å².